The van der Waals surface area contributed by atoms with Crippen molar-refractivity contribution in [2.24, 2.45) is 0 Å². The lowest BCUT2D eigenvalue weighted by Gasteiger charge is -2.32. The number of hydrogen-bond donors (Lipinski definition) is 2. The van der Waals surface area contributed by atoms with Gasteiger partial charge in [0.15, 0.2) is 23.4 Å². The molecule has 0 aliphatic heterocycles. The molecule has 140 valence electrons. The normalized spacial score (nSPS) is 11.4. The fourth-order valence-electron chi connectivity index (χ4n) is 3.05. The number of hydrogen-bond acceptors (Lipinski definition) is 4. The lowest BCUT2D eigenvalue weighted by atomic mass is 9.88. The summed E-state index contributed by atoms with van der Waals surface area (Å²) in [7, 11) is 0. The smallest absolute Gasteiger partial charge is 0.178 e. The van der Waals surface area contributed by atoms with E-state index in [9.17, 15) is 10.2 Å². The summed E-state index contributed by atoms with van der Waals surface area (Å²) in [4.78, 5) is 0. The third kappa shape index (κ3) is 4.13. The highest BCUT2D eigenvalue weighted by Gasteiger charge is 2.32. The van der Waals surface area contributed by atoms with Crippen molar-refractivity contribution in [3.63, 3.8) is 0 Å². The van der Waals surface area contributed by atoms with Crippen LogP contribution in [0.15, 0.2) is 78.9 Å². The highest BCUT2D eigenvalue weighted by molar-refractivity contribution is 5.46. The van der Waals surface area contributed by atoms with E-state index in [1.54, 1.807) is 18.2 Å². The molecule has 0 fully saturated rings. The summed E-state index contributed by atoms with van der Waals surface area (Å²) in [6, 6.07) is 24.9. The molecule has 0 bridgehead atoms. The maximum absolute atomic E-state index is 9.46. The largest absolute Gasteiger partial charge is 0.490 e. The molecule has 0 saturated carbocycles. The van der Waals surface area contributed by atoms with Gasteiger partial charge in [-0.15, -0.1) is 0 Å². The molecule has 0 aromatic heterocycles. The first-order valence-electron chi connectivity index (χ1n) is 8.97. The monoisotopic (exact) mass is 364 g/mol. The lowest BCUT2D eigenvalue weighted by molar-refractivity contribution is -0.0426. The number of aliphatic hydroxyl groups excluding tert-OH is 1. The fourth-order valence-corrected chi connectivity index (χ4v) is 3.05. The van der Waals surface area contributed by atoms with E-state index in [1.807, 2.05) is 74.5 Å². The second kappa shape index (κ2) is 8.25. The third-order valence-corrected chi connectivity index (χ3v) is 4.53. The van der Waals surface area contributed by atoms with Gasteiger partial charge in [-0.3, -0.25) is 0 Å². The maximum Gasteiger partial charge on any atom is 0.178 e. The van der Waals surface area contributed by atoms with Crippen LogP contribution in [0.3, 0.4) is 0 Å². The van der Waals surface area contributed by atoms with Gasteiger partial charge in [0.25, 0.3) is 0 Å². The van der Waals surface area contributed by atoms with Gasteiger partial charge in [-0.2, -0.15) is 0 Å². The molecule has 0 saturated heterocycles. The Balaban J connectivity index is 2.08. The van der Waals surface area contributed by atoms with E-state index in [1.165, 1.54) is 0 Å². The number of benzene rings is 3. The topological polar surface area (TPSA) is 58.9 Å². The molecule has 2 N–H and O–H groups in total. The van der Waals surface area contributed by atoms with Crippen LogP contribution in [0.2, 0.25) is 0 Å². The van der Waals surface area contributed by atoms with Crippen molar-refractivity contribution in [2.45, 2.75) is 25.7 Å². The van der Waals surface area contributed by atoms with Gasteiger partial charge in [0.05, 0.1) is 6.61 Å². The maximum atomic E-state index is 9.46. The Bertz CT molecular complexity index is 821. The summed E-state index contributed by atoms with van der Waals surface area (Å²) in [5.74, 6) is 1.01. The van der Waals surface area contributed by atoms with Crippen molar-refractivity contribution in [1.82, 2.24) is 0 Å². The molecule has 0 spiro atoms. The average Bonchev–Trinajstić information content (AvgIpc) is 2.70. The SMILES string of the molecule is CCOc1cc(C(O)O)ccc1OC(C)(c1ccccc1)c1ccccc1. The summed E-state index contributed by atoms with van der Waals surface area (Å²) < 4.78 is 12.2. The molecule has 0 amide bonds. The van der Waals surface area contributed by atoms with E-state index in [0.29, 0.717) is 23.7 Å². The van der Waals surface area contributed by atoms with Crippen LogP contribution in [0.5, 0.6) is 11.5 Å². The van der Waals surface area contributed by atoms with Gasteiger partial charge in [-0.1, -0.05) is 66.7 Å². The van der Waals surface area contributed by atoms with Crippen LogP contribution in [0, 0.1) is 0 Å². The molecule has 0 radical (unpaired) electrons. The Kier molecular flexibility index (Phi) is 5.79. The van der Waals surface area contributed by atoms with E-state index in [4.69, 9.17) is 9.47 Å². The first-order valence-corrected chi connectivity index (χ1v) is 8.97. The van der Waals surface area contributed by atoms with Gasteiger partial charge in [0.2, 0.25) is 0 Å². The Morgan fingerprint density at radius 1 is 0.815 bits per heavy atom. The Morgan fingerprint density at radius 2 is 1.37 bits per heavy atom. The quantitative estimate of drug-likeness (QED) is 0.610. The Labute approximate surface area is 159 Å². The first kappa shape index (κ1) is 19.0. The fraction of sp³-hybridized carbons (Fsp3) is 0.217. The molecule has 0 unspecified atom stereocenters. The Morgan fingerprint density at radius 3 is 1.85 bits per heavy atom. The molecule has 0 heterocycles. The second-order valence-electron chi connectivity index (χ2n) is 6.38. The highest BCUT2D eigenvalue weighted by Crippen LogP contribution is 2.39. The van der Waals surface area contributed by atoms with E-state index < -0.39 is 11.9 Å². The van der Waals surface area contributed by atoms with Crippen LogP contribution in [0.25, 0.3) is 0 Å². The number of aliphatic hydroxyl groups is 2. The van der Waals surface area contributed by atoms with Gasteiger partial charge in [0, 0.05) is 5.56 Å². The zero-order valence-corrected chi connectivity index (χ0v) is 15.5. The van der Waals surface area contributed by atoms with Crippen LogP contribution in [0.4, 0.5) is 0 Å². The molecule has 27 heavy (non-hydrogen) atoms. The number of ether oxygens (including phenoxy) is 2. The third-order valence-electron chi connectivity index (χ3n) is 4.53. The minimum absolute atomic E-state index is 0.354. The van der Waals surface area contributed by atoms with Crippen molar-refractivity contribution in [1.29, 1.82) is 0 Å². The first-order chi connectivity index (χ1) is 13.0. The molecular weight excluding hydrogens is 340 g/mol. The van der Waals surface area contributed by atoms with Crippen LogP contribution in [-0.2, 0) is 5.60 Å². The average molecular weight is 364 g/mol. The van der Waals surface area contributed by atoms with E-state index in [0.717, 1.165) is 11.1 Å². The van der Waals surface area contributed by atoms with Crippen molar-refractivity contribution in [2.75, 3.05) is 6.61 Å². The summed E-state index contributed by atoms with van der Waals surface area (Å²) in [6.07, 6.45) is -1.56. The lowest BCUT2D eigenvalue weighted by Crippen LogP contribution is -2.31. The van der Waals surface area contributed by atoms with Crippen molar-refractivity contribution < 1.29 is 19.7 Å². The molecule has 4 nitrogen and oxygen atoms in total. The van der Waals surface area contributed by atoms with E-state index >= 15 is 0 Å². The van der Waals surface area contributed by atoms with E-state index in [-0.39, 0.29) is 0 Å². The molecular formula is C23H24O4. The summed E-state index contributed by atoms with van der Waals surface area (Å²) >= 11 is 0. The summed E-state index contributed by atoms with van der Waals surface area (Å²) in [5.41, 5.74) is 1.62. The van der Waals surface area contributed by atoms with Crippen molar-refractivity contribution in [3.05, 3.63) is 95.6 Å². The van der Waals surface area contributed by atoms with Crippen LogP contribution >= 0.6 is 0 Å². The van der Waals surface area contributed by atoms with Gasteiger partial charge < -0.3 is 19.7 Å². The van der Waals surface area contributed by atoms with Gasteiger partial charge in [0.1, 0.15) is 0 Å². The molecule has 3 aromatic rings. The zero-order chi connectivity index (χ0) is 19.3. The van der Waals surface area contributed by atoms with Gasteiger partial charge in [-0.25, -0.2) is 0 Å². The van der Waals surface area contributed by atoms with Crippen molar-refractivity contribution in [3.8, 4) is 11.5 Å². The molecule has 0 aliphatic rings. The predicted molar refractivity (Wildman–Crippen MR) is 105 cm³/mol. The number of rotatable bonds is 7. The molecule has 0 atom stereocenters. The molecule has 0 aliphatic carbocycles. The molecule has 4 heteroatoms. The van der Waals surface area contributed by atoms with Crippen LogP contribution < -0.4 is 9.47 Å². The molecule has 3 rings (SSSR count). The predicted octanol–water partition coefficient (Wildman–Crippen LogP) is 4.41. The van der Waals surface area contributed by atoms with Crippen LogP contribution in [-0.4, -0.2) is 16.8 Å². The minimum Gasteiger partial charge on any atom is -0.490 e. The van der Waals surface area contributed by atoms with E-state index in [2.05, 4.69) is 0 Å². The standard InChI is InChI=1S/C23H24O4/c1-3-26-21-16-17(22(24)25)14-15-20(21)27-23(2,18-10-6-4-7-11-18)19-12-8-5-9-13-19/h4-16,22,24-25H,3H2,1-2H3. The second-order valence-corrected chi connectivity index (χ2v) is 6.38. The van der Waals surface area contributed by atoms with Gasteiger partial charge in [-0.05, 0) is 37.1 Å². The molecule has 3 aromatic carbocycles. The van der Waals surface area contributed by atoms with Gasteiger partial charge >= 0.3 is 0 Å². The minimum atomic E-state index is -1.56. The Hall–Kier alpha value is -2.82. The van der Waals surface area contributed by atoms with Crippen LogP contribution in [0.1, 0.15) is 36.8 Å². The van der Waals surface area contributed by atoms with Crippen molar-refractivity contribution >= 4 is 0 Å². The zero-order valence-electron chi connectivity index (χ0n) is 15.5. The summed E-state index contributed by atoms with van der Waals surface area (Å²) in [5, 5.41) is 18.9. The summed E-state index contributed by atoms with van der Waals surface area (Å²) in [6.45, 7) is 4.33. The highest BCUT2D eigenvalue weighted by atomic mass is 16.5.